The number of anilines is 1. The van der Waals surface area contributed by atoms with Gasteiger partial charge in [0.2, 0.25) is 0 Å². The average molecular weight is 235 g/mol. The second kappa shape index (κ2) is 6.89. The Kier molecular flexibility index (Phi) is 5.46. The van der Waals surface area contributed by atoms with E-state index < -0.39 is 0 Å². The van der Waals surface area contributed by atoms with Crippen molar-refractivity contribution in [3.63, 3.8) is 0 Å². The van der Waals surface area contributed by atoms with Gasteiger partial charge >= 0.3 is 0 Å². The van der Waals surface area contributed by atoms with Crippen molar-refractivity contribution in [1.82, 2.24) is 10.3 Å². The van der Waals surface area contributed by atoms with Gasteiger partial charge < -0.3 is 10.6 Å². The lowest BCUT2D eigenvalue weighted by Crippen LogP contribution is -2.26. The van der Waals surface area contributed by atoms with Crippen molar-refractivity contribution in [2.45, 2.75) is 27.2 Å². The van der Waals surface area contributed by atoms with Crippen LogP contribution in [0.1, 0.15) is 37.7 Å². The van der Waals surface area contributed by atoms with Crippen molar-refractivity contribution in [3.8, 4) is 0 Å². The molecule has 0 radical (unpaired) electrons. The fourth-order valence-corrected chi connectivity index (χ4v) is 1.40. The first-order valence-electron chi connectivity index (χ1n) is 6.11. The molecule has 0 aliphatic rings. The van der Waals surface area contributed by atoms with E-state index in [4.69, 9.17) is 0 Å². The molecule has 4 nitrogen and oxygen atoms in total. The summed E-state index contributed by atoms with van der Waals surface area (Å²) in [6, 6.07) is 3.61. The Labute approximate surface area is 103 Å². The van der Waals surface area contributed by atoms with Crippen molar-refractivity contribution in [3.05, 3.63) is 24.0 Å². The lowest BCUT2D eigenvalue weighted by atomic mass is 10.1. The maximum absolute atomic E-state index is 11.7. The number of hydrogen-bond donors (Lipinski definition) is 2. The third-order valence-corrected chi connectivity index (χ3v) is 2.38. The van der Waals surface area contributed by atoms with E-state index >= 15 is 0 Å². The molecule has 0 spiro atoms. The number of aromatic nitrogens is 1. The highest BCUT2D eigenvalue weighted by atomic mass is 16.1. The van der Waals surface area contributed by atoms with Crippen LogP contribution in [-0.4, -0.2) is 24.0 Å². The minimum Gasteiger partial charge on any atom is -0.384 e. The standard InChI is InChI=1S/C13H21N3O/c1-4-14-11-5-6-12(16-9-11)13(17)15-8-7-10(2)3/h5-6,9-10,14H,4,7-8H2,1-3H3,(H,15,17). The number of pyridine rings is 1. The highest BCUT2D eigenvalue weighted by Crippen LogP contribution is 2.05. The van der Waals surface area contributed by atoms with Crippen molar-refractivity contribution in [2.75, 3.05) is 18.4 Å². The third kappa shape index (κ3) is 4.85. The van der Waals surface area contributed by atoms with Crippen LogP contribution in [0.3, 0.4) is 0 Å². The Balaban J connectivity index is 2.46. The van der Waals surface area contributed by atoms with Gasteiger partial charge in [-0.2, -0.15) is 0 Å². The number of amides is 1. The van der Waals surface area contributed by atoms with Gasteiger partial charge in [-0.05, 0) is 31.4 Å². The van der Waals surface area contributed by atoms with Gasteiger partial charge in [-0.1, -0.05) is 13.8 Å². The van der Waals surface area contributed by atoms with Crippen LogP contribution in [0, 0.1) is 5.92 Å². The monoisotopic (exact) mass is 235 g/mol. The Bertz CT molecular complexity index is 346. The Morgan fingerprint density at radius 2 is 2.18 bits per heavy atom. The van der Waals surface area contributed by atoms with Crippen LogP contribution in [0.15, 0.2) is 18.3 Å². The van der Waals surface area contributed by atoms with Gasteiger partial charge in [-0.25, -0.2) is 4.98 Å². The first kappa shape index (κ1) is 13.5. The van der Waals surface area contributed by atoms with E-state index in [0.717, 1.165) is 18.7 Å². The predicted octanol–water partition coefficient (Wildman–Crippen LogP) is 2.29. The van der Waals surface area contributed by atoms with Crippen LogP contribution in [0.5, 0.6) is 0 Å². The van der Waals surface area contributed by atoms with Gasteiger partial charge in [0.15, 0.2) is 0 Å². The summed E-state index contributed by atoms with van der Waals surface area (Å²) in [5, 5.41) is 6.00. The lowest BCUT2D eigenvalue weighted by Gasteiger charge is -2.07. The number of carbonyl (C=O) groups excluding carboxylic acids is 1. The molecule has 0 fully saturated rings. The Morgan fingerprint density at radius 1 is 1.41 bits per heavy atom. The molecular formula is C13H21N3O. The van der Waals surface area contributed by atoms with Gasteiger partial charge in [0.05, 0.1) is 11.9 Å². The van der Waals surface area contributed by atoms with Gasteiger partial charge in [0.1, 0.15) is 5.69 Å². The molecule has 0 unspecified atom stereocenters. The van der Waals surface area contributed by atoms with Crippen molar-refractivity contribution >= 4 is 11.6 Å². The van der Waals surface area contributed by atoms with Crippen molar-refractivity contribution < 1.29 is 4.79 Å². The number of hydrogen-bond acceptors (Lipinski definition) is 3. The molecule has 94 valence electrons. The summed E-state index contributed by atoms with van der Waals surface area (Å²) in [5.41, 5.74) is 1.40. The van der Waals surface area contributed by atoms with Crippen LogP contribution in [0.2, 0.25) is 0 Å². The van der Waals surface area contributed by atoms with Gasteiger partial charge in [0, 0.05) is 13.1 Å². The second-order valence-electron chi connectivity index (χ2n) is 4.40. The molecule has 0 atom stereocenters. The maximum atomic E-state index is 11.7. The smallest absolute Gasteiger partial charge is 0.269 e. The molecular weight excluding hydrogens is 214 g/mol. The molecule has 0 aliphatic heterocycles. The molecule has 1 amide bonds. The first-order valence-corrected chi connectivity index (χ1v) is 6.11. The fraction of sp³-hybridized carbons (Fsp3) is 0.538. The second-order valence-corrected chi connectivity index (χ2v) is 4.40. The highest BCUT2D eigenvalue weighted by Gasteiger charge is 2.06. The molecule has 2 N–H and O–H groups in total. The molecule has 0 saturated heterocycles. The minimum absolute atomic E-state index is 0.103. The van der Waals surface area contributed by atoms with Crippen LogP contribution in [0.4, 0.5) is 5.69 Å². The normalized spacial score (nSPS) is 10.4. The van der Waals surface area contributed by atoms with Gasteiger partial charge in [-0.15, -0.1) is 0 Å². The SMILES string of the molecule is CCNc1ccc(C(=O)NCCC(C)C)nc1. The molecule has 0 saturated carbocycles. The van der Waals surface area contributed by atoms with E-state index in [1.54, 1.807) is 12.3 Å². The fourth-order valence-electron chi connectivity index (χ4n) is 1.40. The minimum atomic E-state index is -0.103. The van der Waals surface area contributed by atoms with E-state index in [9.17, 15) is 4.79 Å². The lowest BCUT2D eigenvalue weighted by molar-refractivity contribution is 0.0947. The summed E-state index contributed by atoms with van der Waals surface area (Å²) in [6.45, 7) is 7.84. The number of nitrogens with one attached hydrogen (secondary N) is 2. The number of rotatable bonds is 6. The van der Waals surface area contributed by atoms with Gasteiger partial charge in [-0.3, -0.25) is 4.79 Å². The number of nitrogens with zero attached hydrogens (tertiary/aromatic N) is 1. The predicted molar refractivity (Wildman–Crippen MR) is 70.2 cm³/mol. The topological polar surface area (TPSA) is 54.0 Å². The maximum Gasteiger partial charge on any atom is 0.269 e. The molecule has 0 aliphatic carbocycles. The first-order chi connectivity index (χ1) is 8.13. The number of carbonyl (C=O) groups is 1. The van der Waals surface area contributed by atoms with E-state index in [1.165, 1.54) is 0 Å². The molecule has 17 heavy (non-hydrogen) atoms. The van der Waals surface area contributed by atoms with E-state index in [1.807, 2.05) is 13.0 Å². The molecule has 1 rings (SSSR count). The van der Waals surface area contributed by atoms with Crippen LogP contribution in [-0.2, 0) is 0 Å². The van der Waals surface area contributed by atoms with Crippen molar-refractivity contribution in [1.29, 1.82) is 0 Å². The summed E-state index contributed by atoms with van der Waals surface area (Å²) in [6.07, 6.45) is 2.67. The van der Waals surface area contributed by atoms with E-state index in [-0.39, 0.29) is 5.91 Å². The Hall–Kier alpha value is -1.58. The van der Waals surface area contributed by atoms with Crippen LogP contribution >= 0.6 is 0 Å². The van der Waals surface area contributed by atoms with Crippen LogP contribution < -0.4 is 10.6 Å². The molecule has 0 aromatic carbocycles. The molecule has 4 heteroatoms. The largest absolute Gasteiger partial charge is 0.384 e. The highest BCUT2D eigenvalue weighted by molar-refractivity contribution is 5.92. The van der Waals surface area contributed by atoms with Gasteiger partial charge in [0.25, 0.3) is 5.91 Å². The summed E-state index contributed by atoms with van der Waals surface area (Å²) >= 11 is 0. The van der Waals surface area contributed by atoms with E-state index in [2.05, 4.69) is 29.5 Å². The van der Waals surface area contributed by atoms with Crippen LogP contribution in [0.25, 0.3) is 0 Å². The Morgan fingerprint density at radius 3 is 2.71 bits per heavy atom. The molecule has 1 aromatic heterocycles. The summed E-state index contributed by atoms with van der Waals surface area (Å²) in [7, 11) is 0. The zero-order valence-electron chi connectivity index (χ0n) is 10.8. The zero-order chi connectivity index (χ0) is 12.7. The zero-order valence-corrected chi connectivity index (χ0v) is 10.8. The quantitative estimate of drug-likeness (QED) is 0.795. The average Bonchev–Trinajstić information content (AvgIpc) is 2.30. The van der Waals surface area contributed by atoms with Crippen molar-refractivity contribution in [2.24, 2.45) is 5.92 Å². The summed E-state index contributed by atoms with van der Waals surface area (Å²) in [4.78, 5) is 15.8. The summed E-state index contributed by atoms with van der Waals surface area (Å²) in [5.74, 6) is 0.494. The van der Waals surface area contributed by atoms with E-state index in [0.29, 0.717) is 18.2 Å². The summed E-state index contributed by atoms with van der Waals surface area (Å²) < 4.78 is 0. The molecule has 0 bridgehead atoms. The third-order valence-electron chi connectivity index (χ3n) is 2.38. The molecule has 1 aromatic rings. The molecule has 1 heterocycles.